The fourth-order valence-electron chi connectivity index (χ4n) is 1.68. The van der Waals surface area contributed by atoms with Gasteiger partial charge >= 0.3 is 0 Å². The molecule has 0 heterocycles. The number of nitrogens with one attached hydrogen (secondary N) is 1. The van der Waals surface area contributed by atoms with Crippen molar-refractivity contribution < 1.29 is 17.2 Å². The molecule has 2 aromatic rings. The number of benzene rings is 2. The molecule has 1 N–H and O–H groups in total. The molecule has 20 heavy (non-hydrogen) atoms. The van der Waals surface area contributed by atoms with E-state index in [-0.39, 0.29) is 11.4 Å². The summed E-state index contributed by atoms with van der Waals surface area (Å²) in [7, 11) is -3.75. The Morgan fingerprint density at radius 3 is 2.30 bits per heavy atom. The summed E-state index contributed by atoms with van der Waals surface area (Å²) >= 11 is 0. The van der Waals surface area contributed by atoms with Crippen LogP contribution in [0.2, 0.25) is 0 Å². The maximum Gasteiger partial charge on any atom is 0.237 e. The SMILES string of the molecule is Cc1ccc(CS(=O)(=O)Nc2ccc(F)cc2F)cc1. The van der Waals surface area contributed by atoms with Gasteiger partial charge in [0.15, 0.2) is 0 Å². The van der Waals surface area contributed by atoms with Crippen LogP contribution >= 0.6 is 0 Å². The van der Waals surface area contributed by atoms with Crippen LogP contribution in [0.5, 0.6) is 0 Å². The van der Waals surface area contributed by atoms with Crippen LogP contribution in [0.25, 0.3) is 0 Å². The van der Waals surface area contributed by atoms with Crippen molar-refractivity contribution in [1.29, 1.82) is 0 Å². The third-order valence-corrected chi connectivity index (χ3v) is 3.92. The van der Waals surface area contributed by atoms with E-state index in [0.29, 0.717) is 11.6 Å². The summed E-state index contributed by atoms with van der Waals surface area (Å²) in [5, 5.41) is 0. The summed E-state index contributed by atoms with van der Waals surface area (Å²) in [6.45, 7) is 1.89. The highest BCUT2D eigenvalue weighted by Crippen LogP contribution is 2.18. The first kappa shape index (κ1) is 14.5. The van der Waals surface area contributed by atoms with Gasteiger partial charge in [0.2, 0.25) is 10.0 Å². The maximum absolute atomic E-state index is 13.4. The summed E-state index contributed by atoms with van der Waals surface area (Å²) in [4.78, 5) is 0. The van der Waals surface area contributed by atoms with Gasteiger partial charge in [0.05, 0.1) is 11.4 Å². The fourth-order valence-corrected chi connectivity index (χ4v) is 2.88. The second-order valence-corrected chi connectivity index (χ2v) is 6.19. The Kier molecular flexibility index (Phi) is 4.04. The molecule has 0 bridgehead atoms. The van der Waals surface area contributed by atoms with Gasteiger partial charge in [-0.3, -0.25) is 4.72 Å². The van der Waals surface area contributed by atoms with E-state index in [4.69, 9.17) is 0 Å². The van der Waals surface area contributed by atoms with Gasteiger partial charge in [0.25, 0.3) is 0 Å². The van der Waals surface area contributed by atoms with Crippen LogP contribution in [-0.4, -0.2) is 8.42 Å². The first-order chi connectivity index (χ1) is 9.35. The number of hydrogen-bond acceptors (Lipinski definition) is 2. The first-order valence-corrected chi connectivity index (χ1v) is 7.52. The molecular weight excluding hydrogens is 284 g/mol. The van der Waals surface area contributed by atoms with Crippen LogP contribution < -0.4 is 4.72 Å². The van der Waals surface area contributed by atoms with Crippen molar-refractivity contribution in [2.75, 3.05) is 4.72 Å². The van der Waals surface area contributed by atoms with Gasteiger partial charge < -0.3 is 0 Å². The van der Waals surface area contributed by atoms with Gasteiger partial charge in [-0.05, 0) is 24.6 Å². The normalized spacial score (nSPS) is 11.3. The molecule has 106 valence electrons. The van der Waals surface area contributed by atoms with Gasteiger partial charge in [0, 0.05) is 6.07 Å². The van der Waals surface area contributed by atoms with Crippen molar-refractivity contribution in [3.8, 4) is 0 Å². The minimum atomic E-state index is -3.75. The molecule has 0 saturated heterocycles. The Balaban J connectivity index is 2.17. The predicted molar refractivity (Wildman–Crippen MR) is 73.8 cm³/mol. The minimum absolute atomic E-state index is 0.265. The third-order valence-electron chi connectivity index (χ3n) is 2.67. The number of hydrogen-bond donors (Lipinski definition) is 1. The fraction of sp³-hybridized carbons (Fsp3) is 0.143. The van der Waals surface area contributed by atoms with Crippen molar-refractivity contribution in [1.82, 2.24) is 0 Å². The molecule has 0 saturated carbocycles. The zero-order valence-electron chi connectivity index (χ0n) is 10.7. The maximum atomic E-state index is 13.4. The van der Waals surface area contributed by atoms with Crippen molar-refractivity contribution in [2.45, 2.75) is 12.7 Å². The third kappa shape index (κ3) is 3.77. The minimum Gasteiger partial charge on any atom is -0.280 e. The summed E-state index contributed by atoms with van der Waals surface area (Å²) < 4.78 is 52.1. The molecular formula is C14H13F2NO2S. The van der Waals surface area contributed by atoms with Gasteiger partial charge in [-0.1, -0.05) is 29.8 Å². The zero-order valence-corrected chi connectivity index (χ0v) is 11.5. The van der Waals surface area contributed by atoms with E-state index >= 15 is 0 Å². The molecule has 0 spiro atoms. The van der Waals surface area contributed by atoms with Crippen LogP contribution in [0.1, 0.15) is 11.1 Å². The molecule has 0 fully saturated rings. The highest BCUT2D eigenvalue weighted by atomic mass is 32.2. The molecule has 0 aliphatic heterocycles. The predicted octanol–water partition coefficient (Wildman–Crippen LogP) is 3.22. The summed E-state index contributed by atoms with van der Waals surface area (Å²) in [5.74, 6) is -1.98. The highest BCUT2D eigenvalue weighted by molar-refractivity contribution is 7.91. The largest absolute Gasteiger partial charge is 0.280 e. The van der Waals surface area contributed by atoms with E-state index in [2.05, 4.69) is 4.72 Å². The number of anilines is 1. The standard InChI is InChI=1S/C14H13F2NO2S/c1-10-2-4-11(5-3-10)9-20(18,19)17-14-7-6-12(15)8-13(14)16/h2-8,17H,9H2,1H3. The van der Waals surface area contributed by atoms with Crippen LogP contribution in [0.4, 0.5) is 14.5 Å². The first-order valence-electron chi connectivity index (χ1n) is 5.87. The van der Waals surface area contributed by atoms with E-state index in [9.17, 15) is 17.2 Å². The van der Waals surface area contributed by atoms with Crippen LogP contribution in [0.15, 0.2) is 42.5 Å². The smallest absolute Gasteiger partial charge is 0.237 e. The average molecular weight is 297 g/mol. The average Bonchev–Trinajstić information content (AvgIpc) is 2.35. The van der Waals surface area contributed by atoms with Crippen LogP contribution in [0, 0.1) is 18.6 Å². The Morgan fingerprint density at radius 2 is 1.70 bits per heavy atom. The number of halogens is 2. The second-order valence-electron chi connectivity index (χ2n) is 4.47. The van der Waals surface area contributed by atoms with E-state index in [1.165, 1.54) is 0 Å². The second kappa shape index (κ2) is 5.58. The lowest BCUT2D eigenvalue weighted by atomic mass is 10.2. The summed E-state index contributed by atoms with van der Waals surface area (Å²) in [6.07, 6.45) is 0. The number of sulfonamides is 1. The number of rotatable bonds is 4. The molecule has 2 rings (SSSR count). The van der Waals surface area contributed by atoms with E-state index in [1.54, 1.807) is 24.3 Å². The lowest BCUT2D eigenvalue weighted by molar-refractivity contribution is 0.582. The summed E-state index contributed by atoms with van der Waals surface area (Å²) in [6, 6.07) is 9.64. The molecule has 0 aliphatic rings. The molecule has 0 unspecified atom stereocenters. The summed E-state index contributed by atoms with van der Waals surface area (Å²) in [5.41, 5.74) is 1.34. The number of aryl methyl sites for hydroxylation is 1. The quantitative estimate of drug-likeness (QED) is 0.942. The van der Waals surface area contributed by atoms with Crippen molar-refractivity contribution >= 4 is 15.7 Å². The molecule has 3 nitrogen and oxygen atoms in total. The lowest BCUT2D eigenvalue weighted by Gasteiger charge is -2.09. The van der Waals surface area contributed by atoms with Gasteiger partial charge in [-0.25, -0.2) is 17.2 Å². The molecule has 0 radical (unpaired) electrons. The van der Waals surface area contributed by atoms with Crippen LogP contribution in [-0.2, 0) is 15.8 Å². The van der Waals surface area contributed by atoms with E-state index in [1.807, 2.05) is 6.92 Å². The molecule has 0 aromatic heterocycles. The van der Waals surface area contributed by atoms with Crippen molar-refractivity contribution in [3.05, 3.63) is 65.2 Å². The molecule has 2 aromatic carbocycles. The van der Waals surface area contributed by atoms with E-state index in [0.717, 1.165) is 17.7 Å². The van der Waals surface area contributed by atoms with Gasteiger partial charge in [-0.2, -0.15) is 0 Å². The topological polar surface area (TPSA) is 46.2 Å². The highest BCUT2D eigenvalue weighted by Gasteiger charge is 2.14. The van der Waals surface area contributed by atoms with Crippen LogP contribution in [0.3, 0.4) is 0 Å². The Labute approximate surface area is 116 Å². The molecule has 0 amide bonds. The van der Waals surface area contributed by atoms with Gasteiger partial charge in [0.1, 0.15) is 11.6 Å². The zero-order chi connectivity index (χ0) is 14.8. The molecule has 0 aliphatic carbocycles. The van der Waals surface area contributed by atoms with Crippen molar-refractivity contribution in [3.63, 3.8) is 0 Å². The molecule has 0 atom stereocenters. The lowest BCUT2D eigenvalue weighted by Crippen LogP contribution is -2.16. The monoisotopic (exact) mass is 297 g/mol. The Hall–Kier alpha value is -1.95. The van der Waals surface area contributed by atoms with Crippen molar-refractivity contribution in [2.24, 2.45) is 0 Å². The Bertz CT molecular complexity index is 712. The van der Waals surface area contributed by atoms with Gasteiger partial charge in [-0.15, -0.1) is 0 Å². The van der Waals surface area contributed by atoms with E-state index < -0.39 is 21.7 Å². The Morgan fingerprint density at radius 1 is 1.05 bits per heavy atom. The molecule has 6 heteroatoms.